The summed E-state index contributed by atoms with van der Waals surface area (Å²) in [4.78, 5) is 19.5. The molecule has 4 aromatic rings. The van der Waals surface area contributed by atoms with E-state index in [-0.39, 0.29) is 16.4 Å². The van der Waals surface area contributed by atoms with Crippen molar-refractivity contribution in [2.24, 2.45) is 5.41 Å². The van der Waals surface area contributed by atoms with E-state index in [1.54, 1.807) is 24.3 Å². The number of morpholine rings is 1. The van der Waals surface area contributed by atoms with Crippen molar-refractivity contribution in [3.63, 3.8) is 0 Å². The molecule has 11 heteroatoms. The minimum absolute atomic E-state index is 0.0544. The van der Waals surface area contributed by atoms with Gasteiger partial charge >= 0.3 is 0 Å². The number of carbonyl (C=O) groups is 1. The summed E-state index contributed by atoms with van der Waals surface area (Å²) in [7, 11) is -4.10. The Morgan fingerprint density at radius 1 is 0.898 bits per heavy atom. The monoisotopic (exact) mass is 852 g/mol. The van der Waals surface area contributed by atoms with Crippen LogP contribution in [0, 0.1) is 12.3 Å². The van der Waals surface area contributed by atoms with Gasteiger partial charge in [-0.05, 0) is 127 Å². The molecule has 1 amide bonds. The quantitative estimate of drug-likeness (QED) is 0.114. The van der Waals surface area contributed by atoms with E-state index in [4.69, 9.17) is 16.3 Å². The fourth-order valence-corrected chi connectivity index (χ4v) is 10.5. The highest BCUT2D eigenvalue weighted by atomic mass is 35.5. The summed E-state index contributed by atoms with van der Waals surface area (Å²) >= 11 is 8.02. The third-order valence-corrected chi connectivity index (χ3v) is 14.5. The highest BCUT2D eigenvalue weighted by molar-refractivity contribution is 7.99. The van der Waals surface area contributed by atoms with E-state index in [9.17, 15) is 13.2 Å². The SMILES string of the molecule is Cc1cc(S(=O)(=O)NC(=O)c2ccc(C3=CCN(CC4=C(c5ccc(Cl)cc5)CCC(C)(C)C4)CC3)cc2)ccc1N[C@H](CCN1CCOCC1)CSc1ccccc1. The Hall–Kier alpha value is -3.90. The fraction of sp³-hybridized carbons (Fsp3) is 0.396. The van der Waals surface area contributed by atoms with Crippen LogP contribution in [0.15, 0.2) is 119 Å². The summed E-state index contributed by atoms with van der Waals surface area (Å²) in [6.07, 6.45) is 7.47. The highest BCUT2D eigenvalue weighted by Gasteiger charge is 2.29. The van der Waals surface area contributed by atoms with Gasteiger partial charge in [0.2, 0.25) is 0 Å². The van der Waals surface area contributed by atoms with Gasteiger partial charge in [-0.15, -0.1) is 11.8 Å². The Morgan fingerprint density at radius 2 is 1.63 bits per heavy atom. The van der Waals surface area contributed by atoms with Crippen molar-refractivity contribution in [3.05, 3.63) is 136 Å². The maximum absolute atomic E-state index is 13.5. The number of hydrogen-bond acceptors (Lipinski definition) is 8. The number of anilines is 1. The molecule has 0 spiro atoms. The first-order valence-electron chi connectivity index (χ1n) is 20.8. The second kappa shape index (κ2) is 19.7. The van der Waals surface area contributed by atoms with Crippen LogP contribution in [0.5, 0.6) is 0 Å². The lowest BCUT2D eigenvalue weighted by Gasteiger charge is -2.36. The summed E-state index contributed by atoms with van der Waals surface area (Å²) in [6, 6.07) is 31.1. The summed E-state index contributed by atoms with van der Waals surface area (Å²) in [5.41, 5.74) is 8.80. The number of allylic oxidation sites excluding steroid dienone is 1. The summed E-state index contributed by atoms with van der Waals surface area (Å²) in [5, 5.41) is 4.46. The first-order valence-corrected chi connectivity index (χ1v) is 23.7. The number of nitrogens with one attached hydrogen (secondary N) is 2. The third kappa shape index (κ3) is 11.9. The van der Waals surface area contributed by atoms with Crippen LogP contribution in [-0.2, 0) is 14.8 Å². The predicted octanol–water partition coefficient (Wildman–Crippen LogP) is 9.82. The van der Waals surface area contributed by atoms with Crippen LogP contribution in [-0.4, -0.2) is 88.4 Å². The molecule has 59 heavy (non-hydrogen) atoms. The van der Waals surface area contributed by atoms with Crippen LogP contribution in [0.1, 0.15) is 73.0 Å². The molecule has 0 bridgehead atoms. The molecule has 312 valence electrons. The van der Waals surface area contributed by atoms with Gasteiger partial charge in [-0.3, -0.25) is 14.6 Å². The molecule has 1 aliphatic carbocycles. The van der Waals surface area contributed by atoms with Gasteiger partial charge in [0.1, 0.15) is 0 Å². The maximum Gasteiger partial charge on any atom is 0.264 e. The number of thioether (sulfide) groups is 1. The normalized spacial score (nSPS) is 18.3. The number of hydrogen-bond donors (Lipinski definition) is 2. The van der Waals surface area contributed by atoms with Gasteiger partial charge in [0.25, 0.3) is 15.9 Å². The Bertz CT molecular complexity index is 2240. The van der Waals surface area contributed by atoms with E-state index >= 15 is 0 Å². The predicted molar refractivity (Wildman–Crippen MR) is 244 cm³/mol. The number of ether oxygens (including phenoxy) is 1. The smallest absolute Gasteiger partial charge is 0.264 e. The number of aryl methyl sites for hydroxylation is 1. The first kappa shape index (κ1) is 43.2. The van der Waals surface area contributed by atoms with Gasteiger partial charge < -0.3 is 10.1 Å². The average molecular weight is 854 g/mol. The zero-order valence-corrected chi connectivity index (χ0v) is 36.9. The largest absolute Gasteiger partial charge is 0.381 e. The van der Waals surface area contributed by atoms with Crippen LogP contribution < -0.4 is 10.0 Å². The molecular weight excluding hydrogens is 796 g/mol. The lowest BCUT2D eigenvalue weighted by molar-refractivity contribution is 0.0370. The number of nitrogens with zero attached hydrogens (tertiary/aromatic N) is 2. The van der Waals surface area contributed by atoms with Gasteiger partial charge in [0, 0.05) is 72.2 Å². The molecule has 1 saturated heterocycles. The zero-order valence-electron chi connectivity index (χ0n) is 34.5. The lowest BCUT2D eigenvalue weighted by atomic mass is 9.72. The molecule has 3 aliphatic rings. The molecule has 0 radical (unpaired) electrons. The number of carbonyl (C=O) groups excluding carboxylic acids is 1. The van der Waals surface area contributed by atoms with Crippen molar-refractivity contribution < 1.29 is 17.9 Å². The Kier molecular flexibility index (Phi) is 14.4. The third-order valence-electron chi connectivity index (χ3n) is 11.8. The standard InChI is InChI=1S/C48H57ClN4O4S2/c1-35-31-44(17-18-46(35)50-42(22-26-52-27-29-57-30-28-52)34-58-43-7-5-4-6-8-43)59(55,56)51-47(54)39-11-9-36(10-12-39)37-20-24-53(25-21-37)33-40-32-48(2,3)23-19-45(40)38-13-15-41(49)16-14-38/h4-18,20,31,42,50H,19,21-30,32-34H2,1-3H3,(H,51,54)/t42-/m1/s1. The van der Waals surface area contributed by atoms with Crippen LogP contribution in [0.25, 0.3) is 11.1 Å². The van der Waals surface area contributed by atoms with Crippen LogP contribution >= 0.6 is 23.4 Å². The number of sulfonamides is 1. The molecule has 1 atom stereocenters. The number of benzene rings is 4. The zero-order chi connectivity index (χ0) is 41.4. The second-order valence-corrected chi connectivity index (χ2v) is 20.1. The Morgan fingerprint density at radius 3 is 2.32 bits per heavy atom. The van der Waals surface area contributed by atoms with Gasteiger partial charge in [0.05, 0.1) is 18.1 Å². The molecule has 7 rings (SSSR count). The van der Waals surface area contributed by atoms with E-state index < -0.39 is 15.9 Å². The average Bonchev–Trinajstić information content (AvgIpc) is 3.23. The van der Waals surface area contributed by atoms with Crippen LogP contribution in [0.2, 0.25) is 5.02 Å². The van der Waals surface area contributed by atoms with E-state index in [1.807, 2.05) is 67.2 Å². The molecule has 2 N–H and O–H groups in total. The van der Waals surface area contributed by atoms with Gasteiger partial charge in [0.15, 0.2) is 0 Å². The van der Waals surface area contributed by atoms with Crippen molar-refractivity contribution in [3.8, 4) is 0 Å². The molecule has 2 aliphatic heterocycles. The molecule has 0 saturated carbocycles. The molecule has 2 heterocycles. The molecule has 0 unspecified atom stereocenters. The van der Waals surface area contributed by atoms with Crippen molar-refractivity contribution in [2.45, 2.75) is 68.7 Å². The first-order chi connectivity index (χ1) is 28.4. The maximum atomic E-state index is 13.5. The molecule has 4 aromatic carbocycles. The van der Waals surface area contributed by atoms with Gasteiger partial charge in [-0.1, -0.05) is 79.6 Å². The van der Waals surface area contributed by atoms with Gasteiger partial charge in [-0.2, -0.15) is 0 Å². The summed E-state index contributed by atoms with van der Waals surface area (Å²) in [6.45, 7) is 13.7. The van der Waals surface area contributed by atoms with Crippen LogP contribution in [0.3, 0.4) is 0 Å². The van der Waals surface area contributed by atoms with Crippen molar-refractivity contribution in [2.75, 3.05) is 63.6 Å². The van der Waals surface area contributed by atoms with E-state index in [2.05, 4.69) is 64.0 Å². The molecule has 0 aromatic heterocycles. The molecular formula is C48H57ClN4O4S2. The van der Waals surface area contributed by atoms with Crippen molar-refractivity contribution >= 4 is 56.1 Å². The van der Waals surface area contributed by atoms with Crippen molar-refractivity contribution in [1.29, 1.82) is 0 Å². The number of halogens is 1. The fourth-order valence-electron chi connectivity index (χ4n) is 8.29. The minimum Gasteiger partial charge on any atom is -0.381 e. The number of rotatable bonds is 15. The Balaban J connectivity index is 0.952. The van der Waals surface area contributed by atoms with Crippen molar-refractivity contribution in [1.82, 2.24) is 14.5 Å². The topological polar surface area (TPSA) is 91.0 Å². The van der Waals surface area contributed by atoms with E-state index in [0.29, 0.717) is 5.56 Å². The van der Waals surface area contributed by atoms with E-state index in [0.717, 1.165) is 106 Å². The lowest BCUT2D eigenvalue weighted by Crippen LogP contribution is -2.39. The minimum atomic E-state index is -4.10. The molecule has 8 nitrogen and oxygen atoms in total. The second-order valence-electron chi connectivity index (χ2n) is 16.8. The van der Waals surface area contributed by atoms with Crippen LogP contribution in [0.4, 0.5) is 5.69 Å². The Labute approximate surface area is 360 Å². The summed E-state index contributed by atoms with van der Waals surface area (Å²) < 4.78 is 34.8. The number of amides is 1. The summed E-state index contributed by atoms with van der Waals surface area (Å²) in [5.74, 6) is 0.212. The highest BCUT2D eigenvalue weighted by Crippen LogP contribution is 2.43. The van der Waals surface area contributed by atoms with Gasteiger partial charge in [-0.25, -0.2) is 13.1 Å². The van der Waals surface area contributed by atoms with E-state index in [1.165, 1.54) is 33.6 Å². The molecule has 1 fully saturated rings.